The summed E-state index contributed by atoms with van der Waals surface area (Å²) in [7, 11) is 0. The second-order valence-corrected chi connectivity index (χ2v) is 4.47. The van der Waals surface area contributed by atoms with Crippen molar-refractivity contribution in [2.24, 2.45) is 17.6 Å². The van der Waals surface area contributed by atoms with Gasteiger partial charge in [-0.3, -0.25) is 0 Å². The average Bonchev–Trinajstić information content (AvgIpc) is 2.78. The first kappa shape index (κ1) is 10.0. The van der Waals surface area contributed by atoms with Crippen LogP contribution in [-0.4, -0.2) is 18.6 Å². The van der Waals surface area contributed by atoms with Gasteiger partial charge < -0.3 is 11.1 Å². The normalized spacial score (nSPS) is 33.0. The van der Waals surface area contributed by atoms with Gasteiger partial charge in [-0.05, 0) is 38.1 Å². The molecule has 0 aliphatic heterocycles. The van der Waals surface area contributed by atoms with Crippen LogP contribution in [0.3, 0.4) is 0 Å². The summed E-state index contributed by atoms with van der Waals surface area (Å²) >= 11 is 0. The number of nitrogens with two attached hydrogens (primary N) is 1. The van der Waals surface area contributed by atoms with Gasteiger partial charge in [-0.25, -0.2) is 0 Å². The van der Waals surface area contributed by atoms with Gasteiger partial charge in [0.05, 0.1) is 0 Å². The third-order valence-corrected chi connectivity index (χ3v) is 3.30. The van der Waals surface area contributed by atoms with Crippen molar-refractivity contribution in [3.8, 4) is 0 Å². The van der Waals surface area contributed by atoms with Crippen molar-refractivity contribution in [1.29, 1.82) is 0 Å². The molecule has 2 heteroatoms. The Labute approximate surface area is 75.9 Å². The molecule has 0 heterocycles. The molecular weight excluding hydrogens is 148 g/mol. The molecule has 1 aliphatic carbocycles. The lowest BCUT2D eigenvalue weighted by molar-refractivity contribution is 0.344. The second kappa shape index (κ2) is 3.75. The Morgan fingerprint density at radius 1 is 1.58 bits per heavy atom. The fourth-order valence-corrected chi connectivity index (χ4v) is 1.40. The van der Waals surface area contributed by atoms with Crippen molar-refractivity contribution >= 4 is 0 Å². The van der Waals surface area contributed by atoms with Crippen molar-refractivity contribution in [3.05, 3.63) is 0 Å². The molecule has 1 aliphatic rings. The SMILES string of the molecule is CCC(C)(CN)NCC1CC1C. The fraction of sp³-hybridized carbons (Fsp3) is 1.00. The maximum Gasteiger partial charge on any atom is 0.0273 e. The summed E-state index contributed by atoms with van der Waals surface area (Å²) < 4.78 is 0. The maximum atomic E-state index is 5.70. The quantitative estimate of drug-likeness (QED) is 0.654. The van der Waals surface area contributed by atoms with Crippen LogP contribution < -0.4 is 11.1 Å². The van der Waals surface area contributed by atoms with E-state index in [0.717, 1.165) is 31.3 Å². The first-order valence-corrected chi connectivity index (χ1v) is 5.06. The molecule has 3 atom stereocenters. The Morgan fingerprint density at radius 3 is 2.50 bits per heavy atom. The lowest BCUT2D eigenvalue weighted by atomic mass is 9.99. The van der Waals surface area contributed by atoms with Crippen LogP contribution in [0, 0.1) is 11.8 Å². The molecule has 0 radical (unpaired) electrons. The third kappa shape index (κ3) is 2.46. The predicted molar refractivity (Wildman–Crippen MR) is 53.0 cm³/mol. The van der Waals surface area contributed by atoms with Crippen molar-refractivity contribution in [3.63, 3.8) is 0 Å². The Hall–Kier alpha value is -0.0800. The molecule has 1 saturated carbocycles. The molecule has 12 heavy (non-hydrogen) atoms. The van der Waals surface area contributed by atoms with E-state index in [2.05, 4.69) is 26.1 Å². The number of rotatable bonds is 5. The molecule has 2 nitrogen and oxygen atoms in total. The molecule has 72 valence electrons. The molecule has 3 unspecified atom stereocenters. The molecule has 0 bridgehead atoms. The highest BCUT2D eigenvalue weighted by Gasteiger charge is 2.33. The molecule has 0 aromatic carbocycles. The number of hydrogen-bond acceptors (Lipinski definition) is 2. The molecule has 1 rings (SSSR count). The summed E-state index contributed by atoms with van der Waals surface area (Å²) in [5.41, 5.74) is 5.87. The second-order valence-electron chi connectivity index (χ2n) is 4.47. The van der Waals surface area contributed by atoms with Crippen LogP contribution in [0.4, 0.5) is 0 Å². The van der Waals surface area contributed by atoms with Crippen LogP contribution in [0.25, 0.3) is 0 Å². The van der Waals surface area contributed by atoms with Gasteiger partial charge in [-0.1, -0.05) is 13.8 Å². The molecule has 0 aromatic heterocycles. The van der Waals surface area contributed by atoms with E-state index in [1.54, 1.807) is 0 Å². The molecule has 3 N–H and O–H groups in total. The molecular formula is C10H22N2. The molecule has 1 fully saturated rings. The zero-order chi connectivity index (χ0) is 9.19. The van der Waals surface area contributed by atoms with Crippen LogP contribution in [0.15, 0.2) is 0 Å². The van der Waals surface area contributed by atoms with Gasteiger partial charge in [0.2, 0.25) is 0 Å². The Balaban J connectivity index is 2.19. The zero-order valence-electron chi connectivity index (χ0n) is 8.56. The molecule has 0 spiro atoms. The van der Waals surface area contributed by atoms with E-state index < -0.39 is 0 Å². The number of nitrogens with one attached hydrogen (secondary N) is 1. The lowest BCUT2D eigenvalue weighted by Crippen LogP contribution is -2.48. The summed E-state index contributed by atoms with van der Waals surface area (Å²) in [5, 5.41) is 3.56. The van der Waals surface area contributed by atoms with Crippen LogP contribution in [0.2, 0.25) is 0 Å². The first-order valence-electron chi connectivity index (χ1n) is 5.06. The van der Waals surface area contributed by atoms with Crippen LogP contribution in [-0.2, 0) is 0 Å². The standard InChI is InChI=1S/C10H22N2/c1-4-10(3,7-11)12-6-9-5-8(9)2/h8-9,12H,4-7,11H2,1-3H3. The monoisotopic (exact) mass is 170 g/mol. The largest absolute Gasteiger partial charge is 0.329 e. The highest BCUT2D eigenvalue weighted by molar-refractivity contribution is 4.89. The summed E-state index contributed by atoms with van der Waals surface area (Å²) in [4.78, 5) is 0. The Morgan fingerprint density at radius 2 is 2.17 bits per heavy atom. The minimum absolute atomic E-state index is 0.169. The van der Waals surface area contributed by atoms with Crippen LogP contribution in [0.1, 0.15) is 33.6 Å². The van der Waals surface area contributed by atoms with Gasteiger partial charge in [0, 0.05) is 12.1 Å². The highest BCUT2D eigenvalue weighted by Crippen LogP contribution is 2.37. The zero-order valence-corrected chi connectivity index (χ0v) is 8.56. The first-order chi connectivity index (χ1) is 5.61. The van der Waals surface area contributed by atoms with Crippen molar-refractivity contribution in [1.82, 2.24) is 5.32 Å². The maximum absolute atomic E-state index is 5.70. The summed E-state index contributed by atoms with van der Waals surface area (Å²) in [5.74, 6) is 1.86. The van der Waals surface area contributed by atoms with E-state index in [1.165, 1.54) is 6.42 Å². The minimum atomic E-state index is 0.169. The van der Waals surface area contributed by atoms with Crippen LogP contribution in [0.5, 0.6) is 0 Å². The van der Waals surface area contributed by atoms with E-state index in [-0.39, 0.29) is 5.54 Å². The summed E-state index contributed by atoms with van der Waals surface area (Å²) in [6, 6.07) is 0. The van der Waals surface area contributed by atoms with E-state index in [1.807, 2.05) is 0 Å². The smallest absolute Gasteiger partial charge is 0.0273 e. The van der Waals surface area contributed by atoms with Crippen molar-refractivity contribution < 1.29 is 0 Å². The van der Waals surface area contributed by atoms with Gasteiger partial charge in [-0.2, -0.15) is 0 Å². The topological polar surface area (TPSA) is 38.0 Å². The van der Waals surface area contributed by atoms with E-state index in [4.69, 9.17) is 5.73 Å². The summed E-state index contributed by atoms with van der Waals surface area (Å²) in [6.45, 7) is 8.61. The third-order valence-electron chi connectivity index (χ3n) is 3.30. The predicted octanol–water partition coefficient (Wildman–Crippen LogP) is 1.36. The van der Waals surface area contributed by atoms with Gasteiger partial charge in [0.1, 0.15) is 0 Å². The molecule has 0 amide bonds. The van der Waals surface area contributed by atoms with Gasteiger partial charge >= 0.3 is 0 Å². The van der Waals surface area contributed by atoms with Crippen molar-refractivity contribution in [2.45, 2.75) is 39.2 Å². The minimum Gasteiger partial charge on any atom is -0.329 e. The highest BCUT2D eigenvalue weighted by atomic mass is 15.0. The van der Waals surface area contributed by atoms with Gasteiger partial charge in [0.15, 0.2) is 0 Å². The number of hydrogen-bond donors (Lipinski definition) is 2. The van der Waals surface area contributed by atoms with Crippen molar-refractivity contribution in [2.75, 3.05) is 13.1 Å². The van der Waals surface area contributed by atoms with E-state index >= 15 is 0 Å². The van der Waals surface area contributed by atoms with E-state index in [9.17, 15) is 0 Å². The Bertz CT molecular complexity index is 141. The molecule has 0 aromatic rings. The van der Waals surface area contributed by atoms with E-state index in [0.29, 0.717) is 0 Å². The Kier molecular flexibility index (Phi) is 3.13. The van der Waals surface area contributed by atoms with Gasteiger partial charge in [-0.15, -0.1) is 0 Å². The average molecular weight is 170 g/mol. The van der Waals surface area contributed by atoms with Crippen LogP contribution >= 0.6 is 0 Å². The summed E-state index contributed by atoms with van der Waals surface area (Å²) in [6.07, 6.45) is 2.52. The van der Waals surface area contributed by atoms with Gasteiger partial charge in [0.25, 0.3) is 0 Å². The molecule has 0 saturated heterocycles. The lowest BCUT2D eigenvalue weighted by Gasteiger charge is -2.28. The fourth-order valence-electron chi connectivity index (χ4n) is 1.40.